The highest BCUT2D eigenvalue weighted by Gasteiger charge is 2.31. The molecule has 0 aliphatic heterocycles. The maximum Gasteiger partial charge on any atom is 0.104 e. The van der Waals surface area contributed by atoms with Crippen molar-refractivity contribution in [3.63, 3.8) is 0 Å². The van der Waals surface area contributed by atoms with E-state index in [9.17, 15) is 4.39 Å². The smallest absolute Gasteiger partial charge is 0.104 e. The summed E-state index contributed by atoms with van der Waals surface area (Å²) in [5.74, 6) is 1.06. The van der Waals surface area contributed by atoms with Gasteiger partial charge in [0, 0.05) is 4.75 Å². The van der Waals surface area contributed by atoms with Crippen LogP contribution in [0.1, 0.15) is 39.0 Å². The second kappa shape index (κ2) is 4.34. The number of rotatable bonds is 3. The number of alkyl halides is 1. The van der Waals surface area contributed by atoms with Crippen LogP contribution in [0.15, 0.2) is 0 Å². The van der Waals surface area contributed by atoms with Gasteiger partial charge in [-0.05, 0) is 18.6 Å². The second-order valence-electron chi connectivity index (χ2n) is 3.31. The molecule has 1 aliphatic rings. The molecule has 1 fully saturated rings. The largest absolute Gasteiger partial charge is 0.250 e. The molecule has 1 saturated carbocycles. The Bertz CT molecular complexity index is 103. The third-order valence-electron chi connectivity index (χ3n) is 2.46. The van der Waals surface area contributed by atoms with Crippen LogP contribution in [0, 0.1) is 0 Å². The van der Waals surface area contributed by atoms with Crippen molar-refractivity contribution >= 4 is 11.8 Å². The molecular weight excluding hydrogens is 159 g/mol. The number of halogens is 1. The zero-order chi connectivity index (χ0) is 8.16. The van der Waals surface area contributed by atoms with Crippen molar-refractivity contribution in [1.29, 1.82) is 0 Å². The summed E-state index contributed by atoms with van der Waals surface area (Å²) in [6.07, 6.45) is 5.98. The van der Waals surface area contributed by atoms with Gasteiger partial charge in [0.15, 0.2) is 0 Å². The van der Waals surface area contributed by atoms with Gasteiger partial charge in [0.1, 0.15) is 6.67 Å². The molecule has 0 aromatic carbocycles. The van der Waals surface area contributed by atoms with E-state index >= 15 is 0 Å². The SMILES string of the molecule is CCSC1(CF)CCCCC1. The highest BCUT2D eigenvalue weighted by Crippen LogP contribution is 2.39. The maximum atomic E-state index is 12.7. The first-order valence-corrected chi connectivity index (χ1v) is 5.51. The summed E-state index contributed by atoms with van der Waals surface area (Å²) >= 11 is 1.82. The molecule has 0 bridgehead atoms. The second-order valence-corrected chi connectivity index (χ2v) is 5.04. The van der Waals surface area contributed by atoms with Gasteiger partial charge in [0.25, 0.3) is 0 Å². The zero-order valence-corrected chi connectivity index (χ0v) is 8.05. The Labute approximate surface area is 72.9 Å². The molecule has 0 aromatic rings. The summed E-state index contributed by atoms with van der Waals surface area (Å²) in [5.41, 5.74) is 0. The van der Waals surface area contributed by atoms with E-state index in [0.717, 1.165) is 18.6 Å². The fourth-order valence-corrected chi connectivity index (χ4v) is 3.09. The summed E-state index contributed by atoms with van der Waals surface area (Å²) in [5, 5.41) is 0. The molecule has 0 saturated heterocycles. The molecule has 0 amide bonds. The van der Waals surface area contributed by atoms with Gasteiger partial charge in [-0.25, -0.2) is 4.39 Å². The molecule has 2 heteroatoms. The summed E-state index contributed by atoms with van der Waals surface area (Å²) in [6.45, 7) is 2.00. The zero-order valence-electron chi connectivity index (χ0n) is 7.24. The van der Waals surface area contributed by atoms with Gasteiger partial charge >= 0.3 is 0 Å². The highest BCUT2D eigenvalue weighted by molar-refractivity contribution is 8.00. The minimum absolute atomic E-state index is 0.0208. The van der Waals surface area contributed by atoms with Crippen LogP contribution in [0.25, 0.3) is 0 Å². The van der Waals surface area contributed by atoms with E-state index in [1.165, 1.54) is 19.3 Å². The molecule has 1 aliphatic carbocycles. The Hall–Kier alpha value is 0.280. The fraction of sp³-hybridized carbons (Fsp3) is 1.00. The third-order valence-corrected chi connectivity index (χ3v) is 3.88. The average Bonchev–Trinajstić information content (AvgIpc) is 2.07. The van der Waals surface area contributed by atoms with Crippen molar-refractivity contribution < 1.29 is 4.39 Å². The predicted octanol–water partition coefficient (Wildman–Crippen LogP) is 3.41. The van der Waals surface area contributed by atoms with E-state index in [1.54, 1.807) is 0 Å². The van der Waals surface area contributed by atoms with Crippen LogP contribution in [0.2, 0.25) is 0 Å². The Morgan fingerprint density at radius 2 is 1.91 bits per heavy atom. The van der Waals surface area contributed by atoms with Crippen LogP contribution in [0.5, 0.6) is 0 Å². The Kier molecular flexibility index (Phi) is 3.70. The van der Waals surface area contributed by atoms with E-state index in [-0.39, 0.29) is 11.4 Å². The molecule has 0 nitrogen and oxygen atoms in total. The molecule has 0 spiro atoms. The summed E-state index contributed by atoms with van der Waals surface area (Å²) in [7, 11) is 0. The van der Waals surface area contributed by atoms with Gasteiger partial charge in [-0.3, -0.25) is 0 Å². The van der Waals surface area contributed by atoms with Gasteiger partial charge in [-0.2, -0.15) is 11.8 Å². The molecule has 11 heavy (non-hydrogen) atoms. The van der Waals surface area contributed by atoms with Crippen molar-refractivity contribution in [1.82, 2.24) is 0 Å². The topological polar surface area (TPSA) is 0 Å². The van der Waals surface area contributed by atoms with Crippen molar-refractivity contribution in [3.8, 4) is 0 Å². The fourth-order valence-electron chi connectivity index (χ4n) is 1.82. The van der Waals surface area contributed by atoms with E-state index in [0.29, 0.717) is 0 Å². The van der Waals surface area contributed by atoms with Crippen molar-refractivity contribution in [2.45, 2.75) is 43.8 Å². The standard InChI is InChI=1S/C9H17FS/c1-2-11-9(8-10)6-4-3-5-7-9/h2-8H2,1H3. The van der Waals surface area contributed by atoms with E-state index in [2.05, 4.69) is 6.92 Å². The number of hydrogen-bond acceptors (Lipinski definition) is 1. The van der Waals surface area contributed by atoms with Crippen LogP contribution >= 0.6 is 11.8 Å². The van der Waals surface area contributed by atoms with E-state index in [4.69, 9.17) is 0 Å². The van der Waals surface area contributed by atoms with Gasteiger partial charge in [-0.15, -0.1) is 0 Å². The first-order chi connectivity index (χ1) is 5.33. The van der Waals surface area contributed by atoms with Crippen molar-refractivity contribution in [3.05, 3.63) is 0 Å². The molecule has 0 radical (unpaired) electrons. The van der Waals surface area contributed by atoms with Gasteiger partial charge in [0.05, 0.1) is 0 Å². The Morgan fingerprint density at radius 1 is 1.27 bits per heavy atom. The Morgan fingerprint density at radius 3 is 2.36 bits per heavy atom. The molecular formula is C9H17FS. The van der Waals surface area contributed by atoms with Crippen molar-refractivity contribution in [2.75, 3.05) is 12.4 Å². The van der Waals surface area contributed by atoms with Gasteiger partial charge in [-0.1, -0.05) is 26.2 Å². The molecule has 0 unspecified atom stereocenters. The molecule has 0 heterocycles. The number of thioether (sulfide) groups is 1. The minimum Gasteiger partial charge on any atom is -0.250 e. The normalized spacial score (nSPS) is 23.5. The van der Waals surface area contributed by atoms with Crippen LogP contribution in [-0.2, 0) is 0 Å². The van der Waals surface area contributed by atoms with Crippen LogP contribution in [0.3, 0.4) is 0 Å². The number of hydrogen-bond donors (Lipinski definition) is 0. The monoisotopic (exact) mass is 176 g/mol. The van der Waals surface area contributed by atoms with Gasteiger partial charge in [0.2, 0.25) is 0 Å². The summed E-state index contributed by atoms with van der Waals surface area (Å²) in [6, 6.07) is 0. The Balaban J connectivity index is 2.42. The molecule has 0 aromatic heterocycles. The first kappa shape index (κ1) is 9.37. The minimum atomic E-state index is -0.120. The van der Waals surface area contributed by atoms with E-state index < -0.39 is 0 Å². The third kappa shape index (κ3) is 2.36. The molecule has 1 rings (SSSR count). The first-order valence-electron chi connectivity index (χ1n) is 4.53. The lowest BCUT2D eigenvalue weighted by molar-refractivity contribution is 0.315. The molecule has 0 atom stereocenters. The lowest BCUT2D eigenvalue weighted by atomic mass is 9.89. The van der Waals surface area contributed by atoms with Crippen LogP contribution in [-0.4, -0.2) is 17.2 Å². The summed E-state index contributed by atoms with van der Waals surface area (Å²) in [4.78, 5) is 0. The quantitative estimate of drug-likeness (QED) is 0.635. The molecule has 0 N–H and O–H groups in total. The van der Waals surface area contributed by atoms with Crippen molar-refractivity contribution in [2.24, 2.45) is 0 Å². The average molecular weight is 176 g/mol. The maximum absolute atomic E-state index is 12.7. The van der Waals surface area contributed by atoms with Crippen LogP contribution < -0.4 is 0 Å². The van der Waals surface area contributed by atoms with E-state index in [1.807, 2.05) is 11.8 Å². The highest BCUT2D eigenvalue weighted by atomic mass is 32.2. The predicted molar refractivity (Wildman–Crippen MR) is 49.9 cm³/mol. The van der Waals surface area contributed by atoms with Gasteiger partial charge < -0.3 is 0 Å². The van der Waals surface area contributed by atoms with Crippen LogP contribution in [0.4, 0.5) is 4.39 Å². The summed E-state index contributed by atoms with van der Waals surface area (Å²) < 4.78 is 12.7. The lowest BCUT2D eigenvalue weighted by Crippen LogP contribution is -2.30. The molecule has 66 valence electrons. The lowest BCUT2D eigenvalue weighted by Gasteiger charge is -2.33.